The molecule has 2 saturated heterocycles. The second-order valence-corrected chi connectivity index (χ2v) is 5.18. The van der Waals surface area contributed by atoms with Gasteiger partial charge in [0.25, 0.3) is 0 Å². The van der Waals surface area contributed by atoms with Gasteiger partial charge in [0.1, 0.15) is 0 Å². The van der Waals surface area contributed by atoms with Gasteiger partial charge >= 0.3 is 0 Å². The second-order valence-electron chi connectivity index (χ2n) is 5.18. The summed E-state index contributed by atoms with van der Waals surface area (Å²) in [4.78, 5) is 2.43. The fraction of sp³-hybridized carbons (Fsp3) is 1.00. The van der Waals surface area contributed by atoms with E-state index in [0.717, 1.165) is 12.0 Å². The van der Waals surface area contributed by atoms with Gasteiger partial charge in [-0.3, -0.25) is 0 Å². The number of nitrogens with one attached hydrogen (secondary N) is 2. The molecular formula is C12H25N3. The van der Waals surface area contributed by atoms with E-state index in [0.29, 0.717) is 0 Å². The Hall–Kier alpha value is -0.120. The fourth-order valence-electron chi connectivity index (χ4n) is 2.63. The second kappa shape index (κ2) is 5.83. The van der Waals surface area contributed by atoms with Crippen molar-refractivity contribution in [3.05, 3.63) is 0 Å². The molecule has 2 aliphatic heterocycles. The Morgan fingerprint density at radius 3 is 2.47 bits per heavy atom. The van der Waals surface area contributed by atoms with E-state index in [9.17, 15) is 0 Å². The largest absolute Gasteiger partial charge is 0.317 e. The van der Waals surface area contributed by atoms with Gasteiger partial charge in [0, 0.05) is 6.04 Å². The maximum atomic E-state index is 3.76. The smallest absolute Gasteiger partial charge is 0.00915 e. The number of piperidine rings is 2. The Morgan fingerprint density at radius 1 is 1.13 bits per heavy atom. The average Bonchev–Trinajstić information content (AvgIpc) is 2.30. The molecule has 0 radical (unpaired) electrons. The molecule has 2 rings (SSSR count). The van der Waals surface area contributed by atoms with Crippen LogP contribution >= 0.6 is 0 Å². The summed E-state index contributed by atoms with van der Waals surface area (Å²) in [5, 5.41) is 7.18. The third-order valence-corrected chi connectivity index (χ3v) is 3.87. The van der Waals surface area contributed by atoms with Crippen LogP contribution in [0.4, 0.5) is 0 Å². The number of rotatable bonds is 3. The molecule has 0 aliphatic carbocycles. The lowest BCUT2D eigenvalue weighted by atomic mass is 9.97. The van der Waals surface area contributed by atoms with E-state index in [4.69, 9.17) is 0 Å². The van der Waals surface area contributed by atoms with Crippen molar-refractivity contribution in [3.8, 4) is 0 Å². The Kier molecular flexibility index (Phi) is 4.42. The topological polar surface area (TPSA) is 27.3 Å². The van der Waals surface area contributed by atoms with E-state index in [1.807, 2.05) is 0 Å². The van der Waals surface area contributed by atoms with Gasteiger partial charge < -0.3 is 15.5 Å². The van der Waals surface area contributed by atoms with Crippen LogP contribution in [-0.4, -0.2) is 50.7 Å². The molecule has 0 saturated carbocycles. The summed E-state index contributed by atoms with van der Waals surface area (Å²) in [6.45, 7) is 6.23. The Labute approximate surface area is 93.6 Å². The number of likely N-dealkylation sites (tertiary alicyclic amines) is 1. The molecule has 2 heterocycles. The van der Waals surface area contributed by atoms with Crippen LogP contribution < -0.4 is 10.6 Å². The molecule has 2 N–H and O–H groups in total. The number of nitrogens with zero attached hydrogens (tertiary/aromatic N) is 1. The van der Waals surface area contributed by atoms with E-state index < -0.39 is 0 Å². The minimum atomic E-state index is 0.788. The zero-order valence-electron chi connectivity index (χ0n) is 9.97. The standard InChI is InChI=1S/C12H25N3/c1-15-8-4-12(5-9-15)14-10-11-2-6-13-7-3-11/h11-14H,2-10H2,1H3. The summed E-state index contributed by atoms with van der Waals surface area (Å²) < 4.78 is 0. The Balaban J connectivity index is 1.60. The van der Waals surface area contributed by atoms with Crippen molar-refractivity contribution in [2.75, 3.05) is 39.8 Å². The molecule has 0 unspecified atom stereocenters. The van der Waals surface area contributed by atoms with Gasteiger partial charge in [-0.1, -0.05) is 0 Å². The molecule has 0 bridgehead atoms. The van der Waals surface area contributed by atoms with Gasteiger partial charge in [0.05, 0.1) is 0 Å². The monoisotopic (exact) mass is 211 g/mol. The van der Waals surface area contributed by atoms with Crippen molar-refractivity contribution in [1.29, 1.82) is 0 Å². The van der Waals surface area contributed by atoms with Crippen molar-refractivity contribution in [2.24, 2.45) is 5.92 Å². The van der Waals surface area contributed by atoms with Crippen LogP contribution in [0.2, 0.25) is 0 Å². The molecule has 2 fully saturated rings. The zero-order chi connectivity index (χ0) is 10.5. The highest BCUT2D eigenvalue weighted by atomic mass is 15.1. The van der Waals surface area contributed by atoms with Gasteiger partial charge in [0.2, 0.25) is 0 Å². The van der Waals surface area contributed by atoms with E-state index in [1.54, 1.807) is 0 Å². The first kappa shape index (κ1) is 11.4. The molecule has 0 aromatic rings. The summed E-state index contributed by atoms with van der Waals surface area (Å²) >= 11 is 0. The lowest BCUT2D eigenvalue weighted by molar-refractivity contribution is 0.224. The first-order chi connectivity index (χ1) is 7.34. The van der Waals surface area contributed by atoms with Crippen LogP contribution in [0.3, 0.4) is 0 Å². The maximum absolute atomic E-state index is 3.76. The quantitative estimate of drug-likeness (QED) is 0.718. The third kappa shape index (κ3) is 3.74. The summed E-state index contributed by atoms with van der Waals surface area (Å²) in [6.07, 6.45) is 5.39. The fourth-order valence-corrected chi connectivity index (χ4v) is 2.63. The van der Waals surface area contributed by atoms with Crippen LogP contribution in [0.15, 0.2) is 0 Å². The van der Waals surface area contributed by atoms with Gasteiger partial charge in [-0.2, -0.15) is 0 Å². The molecule has 0 atom stereocenters. The highest BCUT2D eigenvalue weighted by Gasteiger charge is 2.18. The molecule has 15 heavy (non-hydrogen) atoms. The summed E-state index contributed by atoms with van der Waals surface area (Å²) in [6, 6.07) is 0.788. The van der Waals surface area contributed by atoms with Gasteiger partial charge in [-0.15, -0.1) is 0 Å². The highest BCUT2D eigenvalue weighted by molar-refractivity contribution is 4.78. The zero-order valence-corrected chi connectivity index (χ0v) is 9.97. The normalized spacial score (nSPS) is 27.0. The first-order valence-electron chi connectivity index (χ1n) is 6.47. The predicted molar refractivity (Wildman–Crippen MR) is 64.1 cm³/mol. The molecule has 0 aromatic heterocycles. The van der Waals surface area contributed by atoms with Crippen LogP contribution in [0, 0.1) is 5.92 Å². The Bertz CT molecular complexity index is 170. The molecule has 3 nitrogen and oxygen atoms in total. The highest BCUT2D eigenvalue weighted by Crippen LogP contribution is 2.13. The molecule has 2 aliphatic rings. The van der Waals surface area contributed by atoms with Gasteiger partial charge in [-0.25, -0.2) is 0 Å². The Morgan fingerprint density at radius 2 is 1.80 bits per heavy atom. The first-order valence-corrected chi connectivity index (χ1v) is 6.47. The van der Waals surface area contributed by atoms with Crippen LogP contribution in [0.1, 0.15) is 25.7 Å². The van der Waals surface area contributed by atoms with Crippen molar-refractivity contribution in [1.82, 2.24) is 15.5 Å². The molecular weight excluding hydrogens is 186 g/mol. The molecule has 0 aromatic carbocycles. The molecule has 3 heteroatoms. The van der Waals surface area contributed by atoms with Crippen LogP contribution in [0.25, 0.3) is 0 Å². The van der Waals surface area contributed by atoms with E-state index in [-0.39, 0.29) is 0 Å². The molecule has 0 spiro atoms. The SMILES string of the molecule is CN1CCC(NCC2CCNCC2)CC1. The van der Waals surface area contributed by atoms with Crippen molar-refractivity contribution >= 4 is 0 Å². The van der Waals surface area contributed by atoms with Crippen molar-refractivity contribution in [2.45, 2.75) is 31.7 Å². The summed E-state index contributed by atoms with van der Waals surface area (Å²) in [5.74, 6) is 0.922. The van der Waals surface area contributed by atoms with E-state index in [2.05, 4.69) is 22.6 Å². The lowest BCUT2D eigenvalue weighted by Crippen LogP contribution is -2.43. The van der Waals surface area contributed by atoms with Crippen LogP contribution in [-0.2, 0) is 0 Å². The number of hydrogen-bond donors (Lipinski definition) is 2. The summed E-state index contributed by atoms with van der Waals surface area (Å²) in [7, 11) is 2.23. The average molecular weight is 211 g/mol. The minimum absolute atomic E-state index is 0.788. The third-order valence-electron chi connectivity index (χ3n) is 3.87. The summed E-state index contributed by atoms with van der Waals surface area (Å²) in [5.41, 5.74) is 0. The predicted octanol–water partition coefficient (Wildman–Crippen LogP) is 0.670. The van der Waals surface area contributed by atoms with E-state index >= 15 is 0 Å². The number of hydrogen-bond acceptors (Lipinski definition) is 3. The maximum Gasteiger partial charge on any atom is 0.00915 e. The van der Waals surface area contributed by atoms with Crippen LogP contribution in [0.5, 0.6) is 0 Å². The molecule has 88 valence electrons. The van der Waals surface area contributed by atoms with Crippen molar-refractivity contribution < 1.29 is 0 Å². The molecule has 0 amide bonds. The van der Waals surface area contributed by atoms with Crippen molar-refractivity contribution in [3.63, 3.8) is 0 Å². The lowest BCUT2D eigenvalue weighted by Gasteiger charge is -2.31. The minimum Gasteiger partial charge on any atom is -0.317 e. The van der Waals surface area contributed by atoms with Gasteiger partial charge in [-0.05, 0) is 71.4 Å². The van der Waals surface area contributed by atoms with E-state index in [1.165, 1.54) is 58.4 Å². The van der Waals surface area contributed by atoms with Gasteiger partial charge in [0.15, 0.2) is 0 Å².